The summed E-state index contributed by atoms with van der Waals surface area (Å²) >= 11 is 13.0. The summed E-state index contributed by atoms with van der Waals surface area (Å²) in [6, 6.07) is 21.9. The fourth-order valence-electron chi connectivity index (χ4n) is 4.32. The Kier molecular flexibility index (Phi) is 12.2. The van der Waals surface area contributed by atoms with Crippen LogP contribution in [0.5, 0.6) is 0 Å². The highest BCUT2D eigenvalue weighted by molar-refractivity contribution is 7.89. The third-order valence-electron chi connectivity index (χ3n) is 6.66. The molecule has 2 amide bonds. The molecule has 0 spiro atoms. The Morgan fingerprint density at radius 1 is 0.878 bits per heavy atom. The van der Waals surface area contributed by atoms with Crippen LogP contribution in [0.4, 0.5) is 0 Å². The van der Waals surface area contributed by atoms with Crippen molar-refractivity contribution in [1.29, 1.82) is 0 Å². The van der Waals surface area contributed by atoms with Gasteiger partial charge in [0.05, 0.1) is 4.90 Å². The molecule has 0 aliphatic rings. The average Bonchev–Trinajstić information content (AvgIpc) is 2.95. The predicted octanol–water partition coefficient (Wildman–Crippen LogP) is 5.81. The molecule has 0 saturated heterocycles. The van der Waals surface area contributed by atoms with Crippen LogP contribution in [0.2, 0.25) is 10.0 Å². The van der Waals surface area contributed by atoms with Gasteiger partial charge >= 0.3 is 0 Å². The van der Waals surface area contributed by atoms with Gasteiger partial charge < -0.3 is 10.2 Å². The monoisotopic (exact) mass is 617 g/mol. The van der Waals surface area contributed by atoms with Gasteiger partial charge in [0.2, 0.25) is 21.8 Å². The minimum Gasteiger partial charge on any atom is -0.354 e. The number of halogens is 2. The molecule has 3 aromatic rings. The molecule has 0 aliphatic heterocycles. The Balaban J connectivity index is 1.87. The second-order valence-electron chi connectivity index (χ2n) is 10.3. The van der Waals surface area contributed by atoms with E-state index in [1.165, 1.54) is 28.4 Å². The van der Waals surface area contributed by atoms with Crippen LogP contribution in [0.15, 0.2) is 83.8 Å². The number of hydrogen-bond acceptors (Lipinski definition) is 4. The molecule has 0 saturated carbocycles. The number of nitrogens with zero attached hydrogens (tertiary/aromatic N) is 2. The normalized spacial score (nSPS) is 12.4. The van der Waals surface area contributed by atoms with Crippen LogP contribution in [-0.4, -0.2) is 55.6 Å². The number of nitrogens with one attached hydrogen (secondary N) is 1. The average molecular weight is 619 g/mol. The van der Waals surface area contributed by atoms with Crippen LogP contribution >= 0.6 is 23.2 Å². The fourth-order valence-corrected chi connectivity index (χ4v) is 6.07. The van der Waals surface area contributed by atoms with Gasteiger partial charge in [0.1, 0.15) is 6.04 Å². The maximum absolute atomic E-state index is 13.8. The van der Waals surface area contributed by atoms with Crippen LogP contribution in [0.25, 0.3) is 0 Å². The number of carbonyl (C=O) groups is 2. The predicted molar refractivity (Wildman–Crippen MR) is 164 cm³/mol. The molecule has 0 heterocycles. The molecule has 1 N–H and O–H groups in total. The van der Waals surface area contributed by atoms with E-state index in [-0.39, 0.29) is 48.6 Å². The Bertz CT molecular complexity index is 1380. The zero-order valence-corrected chi connectivity index (χ0v) is 25.9. The summed E-state index contributed by atoms with van der Waals surface area (Å²) in [7, 11) is -2.20. The van der Waals surface area contributed by atoms with Gasteiger partial charge in [0, 0.05) is 55.1 Å². The van der Waals surface area contributed by atoms with E-state index in [2.05, 4.69) is 5.32 Å². The molecule has 41 heavy (non-hydrogen) atoms. The van der Waals surface area contributed by atoms with Gasteiger partial charge in [-0.05, 0) is 42.2 Å². The summed E-state index contributed by atoms with van der Waals surface area (Å²) in [6.07, 6.45) is 0.583. The molecule has 0 bridgehead atoms. The third-order valence-corrected chi connectivity index (χ3v) is 9.24. The number of carbonyl (C=O) groups excluding carboxylic acids is 2. The van der Waals surface area contributed by atoms with Gasteiger partial charge in [-0.3, -0.25) is 9.59 Å². The summed E-state index contributed by atoms with van der Waals surface area (Å²) in [4.78, 5) is 29.1. The summed E-state index contributed by atoms with van der Waals surface area (Å²) in [5.41, 5.74) is 1.44. The van der Waals surface area contributed by atoms with Crippen LogP contribution in [0.1, 0.15) is 37.8 Å². The molecule has 10 heteroatoms. The number of benzene rings is 3. The summed E-state index contributed by atoms with van der Waals surface area (Å²) in [5, 5.41) is 3.77. The lowest BCUT2D eigenvalue weighted by atomic mass is 10.0. The zero-order valence-electron chi connectivity index (χ0n) is 23.6. The van der Waals surface area contributed by atoms with Gasteiger partial charge in [0.15, 0.2) is 0 Å². The topological polar surface area (TPSA) is 86.8 Å². The van der Waals surface area contributed by atoms with Crippen molar-refractivity contribution in [2.45, 2.75) is 50.6 Å². The highest BCUT2D eigenvalue weighted by Gasteiger charge is 2.31. The first-order valence-electron chi connectivity index (χ1n) is 13.6. The lowest BCUT2D eigenvalue weighted by Gasteiger charge is -2.32. The molecular weight excluding hydrogens is 581 g/mol. The molecule has 0 aromatic heterocycles. The molecule has 220 valence electrons. The number of sulfonamides is 1. The number of amides is 2. The lowest BCUT2D eigenvalue weighted by molar-refractivity contribution is -0.141. The van der Waals surface area contributed by atoms with E-state index >= 15 is 0 Å². The van der Waals surface area contributed by atoms with Crippen molar-refractivity contribution >= 4 is 45.0 Å². The maximum atomic E-state index is 13.8. The van der Waals surface area contributed by atoms with E-state index in [4.69, 9.17) is 23.2 Å². The van der Waals surface area contributed by atoms with Crippen molar-refractivity contribution in [1.82, 2.24) is 14.5 Å². The molecule has 3 aromatic carbocycles. The Hall–Kier alpha value is -2.91. The van der Waals surface area contributed by atoms with Gasteiger partial charge in [-0.1, -0.05) is 91.6 Å². The van der Waals surface area contributed by atoms with Crippen molar-refractivity contribution in [2.24, 2.45) is 5.92 Å². The molecule has 1 atom stereocenters. The van der Waals surface area contributed by atoms with Crippen molar-refractivity contribution in [3.05, 3.63) is 100 Å². The molecule has 0 radical (unpaired) electrons. The smallest absolute Gasteiger partial charge is 0.243 e. The summed E-state index contributed by atoms with van der Waals surface area (Å²) < 4.78 is 27.1. The first-order chi connectivity index (χ1) is 19.5. The standard InChI is InChI=1S/C31H37Cl2N3O4S/c1-23(2)21-34-31(38)29(20-24-12-6-4-7-13-24)36(22-26-27(32)16-10-17-28(26)33)30(37)18-11-19-35(3)41(39,40)25-14-8-5-9-15-25/h4-10,12-17,23,29H,11,18-22H2,1-3H3,(H,34,38). The highest BCUT2D eigenvalue weighted by Crippen LogP contribution is 2.28. The third kappa shape index (κ3) is 9.30. The molecule has 1 unspecified atom stereocenters. The lowest BCUT2D eigenvalue weighted by Crippen LogP contribution is -2.51. The zero-order chi connectivity index (χ0) is 30.0. The molecule has 3 rings (SSSR count). The molecule has 0 aliphatic carbocycles. The first-order valence-corrected chi connectivity index (χ1v) is 15.8. The maximum Gasteiger partial charge on any atom is 0.243 e. The fraction of sp³-hybridized carbons (Fsp3) is 0.355. The number of rotatable bonds is 14. The minimum atomic E-state index is -3.69. The summed E-state index contributed by atoms with van der Waals surface area (Å²) in [5.74, 6) is -0.351. The Morgan fingerprint density at radius 3 is 2.05 bits per heavy atom. The van der Waals surface area contributed by atoms with Gasteiger partial charge in [-0.15, -0.1) is 0 Å². The Morgan fingerprint density at radius 2 is 1.46 bits per heavy atom. The second kappa shape index (κ2) is 15.4. The van der Waals surface area contributed by atoms with E-state index in [1.54, 1.807) is 36.4 Å². The van der Waals surface area contributed by atoms with E-state index in [0.29, 0.717) is 28.6 Å². The van der Waals surface area contributed by atoms with E-state index in [9.17, 15) is 18.0 Å². The largest absolute Gasteiger partial charge is 0.354 e. The molecular formula is C31H37Cl2N3O4S. The molecule has 0 fully saturated rings. The van der Waals surface area contributed by atoms with Crippen molar-refractivity contribution in [2.75, 3.05) is 20.1 Å². The van der Waals surface area contributed by atoms with Crippen LogP contribution in [0, 0.1) is 5.92 Å². The Labute approximate surface area is 253 Å². The van der Waals surface area contributed by atoms with E-state index in [1.807, 2.05) is 44.2 Å². The summed E-state index contributed by atoms with van der Waals surface area (Å²) in [6.45, 7) is 4.62. The van der Waals surface area contributed by atoms with Crippen LogP contribution in [0.3, 0.4) is 0 Å². The van der Waals surface area contributed by atoms with Crippen molar-refractivity contribution < 1.29 is 18.0 Å². The van der Waals surface area contributed by atoms with Crippen molar-refractivity contribution in [3.8, 4) is 0 Å². The van der Waals surface area contributed by atoms with Crippen LogP contribution in [-0.2, 0) is 32.6 Å². The van der Waals surface area contributed by atoms with E-state index in [0.717, 1.165) is 5.56 Å². The highest BCUT2D eigenvalue weighted by atomic mass is 35.5. The van der Waals surface area contributed by atoms with Gasteiger partial charge in [-0.25, -0.2) is 12.7 Å². The quantitative estimate of drug-likeness (QED) is 0.247. The van der Waals surface area contributed by atoms with Crippen molar-refractivity contribution in [3.63, 3.8) is 0 Å². The minimum absolute atomic E-state index is 0.0273. The van der Waals surface area contributed by atoms with Gasteiger partial charge in [0.25, 0.3) is 0 Å². The van der Waals surface area contributed by atoms with E-state index < -0.39 is 16.1 Å². The number of hydrogen-bond donors (Lipinski definition) is 1. The van der Waals surface area contributed by atoms with Crippen LogP contribution < -0.4 is 5.32 Å². The first kappa shape index (κ1) is 32.6. The second-order valence-corrected chi connectivity index (χ2v) is 13.2. The molecule has 7 nitrogen and oxygen atoms in total. The SMILES string of the molecule is CC(C)CNC(=O)C(Cc1ccccc1)N(Cc1c(Cl)cccc1Cl)C(=O)CCCN(C)S(=O)(=O)c1ccccc1. The van der Waals surface area contributed by atoms with Gasteiger partial charge in [-0.2, -0.15) is 0 Å².